The Bertz CT molecular complexity index is 713. The van der Waals surface area contributed by atoms with Gasteiger partial charge in [-0.15, -0.1) is 11.3 Å². The second kappa shape index (κ2) is 6.01. The number of anilines is 1. The van der Waals surface area contributed by atoms with Gasteiger partial charge in [-0.05, 0) is 24.3 Å². The summed E-state index contributed by atoms with van der Waals surface area (Å²) in [5.74, 6) is 0.482. The van der Waals surface area contributed by atoms with Crippen LogP contribution in [0.3, 0.4) is 0 Å². The molecule has 8 heteroatoms. The van der Waals surface area contributed by atoms with Gasteiger partial charge in [-0.3, -0.25) is 4.72 Å². The van der Waals surface area contributed by atoms with Crippen molar-refractivity contribution in [2.24, 2.45) is 5.73 Å². The molecule has 0 saturated carbocycles. The van der Waals surface area contributed by atoms with Crippen LogP contribution in [0.2, 0.25) is 5.02 Å². The third-order valence-corrected chi connectivity index (χ3v) is 5.31. The third-order valence-electron chi connectivity index (χ3n) is 2.55. The maximum absolute atomic E-state index is 12.2. The number of benzene rings is 1. The Morgan fingerprint density at radius 1 is 1.40 bits per heavy atom. The van der Waals surface area contributed by atoms with E-state index in [1.54, 1.807) is 23.6 Å². The first kappa shape index (κ1) is 15.1. The highest BCUT2D eigenvalue weighted by molar-refractivity contribution is 7.92. The average Bonchev–Trinajstić information content (AvgIpc) is 2.88. The van der Waals surface area contributed by atoms with Gasteiger partial charge in [0.05, 0.1) is 22.7 Å². The number of hydrogen-bond donors (Lipinski definition) is 2. The van der Waals surface area contributed by atoms with Crippen molar-refractivity contribution in [3.63, 3.8) is 0 Å². The van der Waals surface area contributed by atoms with Crippen LogP contribution in [0.15, 0.2) is 34.5 Å². The predicted molar refractivity (Wildman–Crippen MR) is 81.0 cm³/mol. The van der Waals surface area contributed by atoms with Crippen molar-refractivity contribution in [1.29, 1.82) is 0 Å². The van der Waals surface area contributed by atoms with E-state index < -0.39 is 10.0 Å². The number of nitrogens with two attached hydrogens (primary N) is 1. The molecule has 108 valence electrons. The largest absolute Gasteiger partial charge is 0.495 e. The summed E-state index contributed by atoms with van der Waals surface area (Å²) < 4.78 is 31.8. The number of ether oxygens (including phenoxy) is 1. The fourth-order valence-corrected chi connectivity index (χ4v) is 4.02. The maximum Gasteiger partial charge on any atom is 0.262 e. The van der Waals surface area contributed by atoms with Gasteiger partial charge in [0.25, 0.3) is 10.0 Å². The minimum atomic E-state index is -3.63. The molecule has 0 radical (unpaired) electrons. The molecule has 0 fully saturated rings. The number of hydrogen-bond acceptors (Lipinski definition) is 5. The van der Waals surface area contributed by atoms with Crippen molar-refractivity contribution in [2.45, 2.75) is 11.4 Å². The normalized spacial score (nSPS) is 11.3. The van der Waals surface area contributed by atoms with Gasteiger partial charge in [-0.1, -0.05) is 11.6 Å². The quantitative estimate of drug-likeness (QED) is 0.882. The van der Waals surface area contributed by atoms with Gasteiger partial charge in [0.1, 0.15) is 5.75 Å². The summed E-state index contributed by atoms with van der Waals surface area (Å²) in [4.78, 5) is 0.994. The lowest BCUT2D eigenvalue weighted by molar-refractivity contribution is 0.415. The molecule has 0 bridgehead atoms. The van der Waals surface area contributed by atoms with E-state index >= 15 is 0 Å². The summed E-state index contributed by atoms with van der Waals surface area (Å²) in [7, 11) is -2.14. The van der Waals surface area contributed by atoms with Crippen molar-refractivity contribution in [3.05, 3.63) is 39.5 Å². The minimum Gasteiger partial charge on any atom is -0.495 e. The van der Waals surface area contributed by atoms with Crippen LogP contribution in [0.25, 0.3) is 0 Å². The molecule has 2 rings (SSSR count). The van der Waals surface area contributed by atoms with Gasteiger partial charge in [0, 0.05) is 16.8 Å². The second-order valence-electron chi connectivity index (χ2n) is 3.91. The molecule has 0 aliphatic heterocycles. The van der Waals surface area contributed by atoms with Crippen LogP contribution in [0, 0.1) is 0 Å². The van der Waals surface area contributed by atoms with E-state index in [1.807, 2.05) is 0 Å². The van der Waals surface area contributed by atoms with E-state index in [2.05, 4.69) is 4.72 Å². The molecule has 0 atom stereocenters. The van der Waals surface area contributed by atoms with Crippen molar-refractivity contribution < 1.29 is 13.2 Å². The first-order chi connectivity index (χ1) is 9.46. The van der Waals surface area contributed by atoms with Crippen LogP contribution in [0.5, 0.6) is 5.75 Å². The highest BCUT2D eigenvalue weighted by atomic mass is 35.5. The molecule has 1 aromatic carbocycles. The Morgan fingerprint density at radius 3 is 2.70 bits per heavy atom. The number of methoxy groups -OCH3 is 1. The molecule has 1 aromatic heterocycles. The van der Waals surface area contributed by atoms with Gasteiger partial charge in [-0.2, -0.15) is 0 Å². The van der Waals surface area contributed by atoms with E-state index in [0.717, 1.165) is 4.88 Å². The van der Waals surface area contributed by atoms with Gasteiger partial charge in [-0.25, -0.2) is 8.42 Å². The van der Waals surface area contributed by atoms with E-state index in [9.17, 15) is 8.42 Å². The van der Waals surface area contributed by atoms with Crippen molar-refractivity contribution in [2.75, 3.05) is 11.8 Å². The SMILES string of the molecule is COc1ccc(NS(=O)(=O)c2csc(CN)c2)cc1Cl. The zero-order chi connectivity index (χ0) is 14.8. The van der Waals surface area contributed by atoms with E-state index in [-0.39, 0.29) is 4.90 Å². The molecule has 0 aliphatic rings. The van der Waals surface area contributed by atoms with Crippen LogP contribution in [0.4, 0.5) is 5.69 Å². The summed E-state index contributed by atoms with van der Waals surface area (Å²) in [5.41, 5.74) is 5.85. The van der Waals surface area contributed by atoms with Crippen LogP contribution in [-0.4, -0.2) is 15.5 Å². The molecule has 0 spiro atoms. The fraction of sp³-hybridized carbons (Fsp3) is 0.167. The Hall–Kier alpha value is -1.28. The van der Waals surface area contributed by atoms with Crippen molar-refractivity contribution in [1.82, 2.24) is 0 Å². The minimum absolute atomic E-state index is 0.190. The molecule has 0 amide bonds. The van der Waals surface area contributed by atoms with Gasteiger partial charge in [0.2, 0.25) is 0 Å². The first-order valence-corrected chi connectivity index (χ1v) is 8.34. The Labute approximate surface area is 126 Å². The lowest BCUT2D eigenvalue weighted by Gasteiger charge is -2.08. The van der Waals surface area contributed by atoms with E-state index in [0.29, 0.717) is 23.0 Å². The summed E-state index contributed by atoms with van der Waals surface area (Å²) in [6, 6.07) is 6.23. The maximum atomic E-state index is 12.2. The molecule has 0 saturated heterocycles. The van der Waals surface area contributed by atoms with E-state index in [4.69, 9.17) is 22.1 Å². The highest BCUT2D eigenvalue weighted by Crippen LogP contribution is 2.29. The van der Waals surface area contributed by atoms with Gasteiger partial charge >= 0.3 is 0 Å². The lowest BCUT2D eigenvalue weighted by atomic mass is 10.3. The predicted octanol–water partition coefficient (Wildman–Crippen LogP) is 2.67. The van der Waals surface area contributed by atoms with Crippen LogP contribution in [-0.2, 0) is 16.6 Å². The topological polar surface area (TPSA) is 81.4 Å². The zero-order valence-corrected chi connectivity index (χ0v) is 13.0. The summed E-state index contributed by atoms with van der Waals surface area (Å²) in [6.45, 7) is 0.314. The fourth-order valence-electron chi connectivity index (χ4n) is 1.55. The van der Waals surface area contributed by atoms with Gasteiger partial charge < -0.3 is 10.5 Å². The van der Waals surface area contributed by atoms with Crippen molar-refractivity contribution >= 4 is 38.6 Å². The summed E-state index contributed by atoms with van der Waals surface area (Å²) >= 11 is 7.26. The Kier molecular flexibility index (Phi) is 4.54. The Morgan fingerprint density at radius 2 is 2.15 bits per heavy atom. The molecular weight excluding hydrogens is 320 g/mol. The third kappa shape index (κ3) is 3.24. The molecule has 20 heavy (non-hydrogen) atoms. The molecular formula is C12H13ClN2O3S2. The molecule has 1 heterocycles. The average molecular weight is 333 g/mol. The zero-order valence-electron chi connectivity index (χ0n) is 10.6. The molecule has 0 aliphatic carbocycles. The van der Waals surface area contributed by atoms with Gasteiger partial charge in [0.15, 0.2) is 0 Å². The molecule has 3 N–H and O–H groups in total. The van der Waals surface area contributed by atoms with Crippen LogP contribution < -0.4 is 15.2 Å². The molecule has 0 unspecified atom stereocenters. The first-order valence-electron chi connectivity index (χ1n) is 5.60. The number of rotatable bonds is 5. The lowest BCUT2D eigenvalue weighted by Crippen LogP contribution is -2.12. The number of halogens is 1. The van der Waals surface area contributed by atoms with Crippen molar-refractivity contribution in [3.8, 4) is 5.75 Å². The highest BCUT2D eigenvalue weighted by Gasteiger charge is 2.16. The van der Waals surface area contributed by atoms with E-state index in [1.165, 1.54) is 24.5 Å². The summed E-state index contributed by atoms with van der Waals surface area (Å²) in [6.07, 6.45) is 0. The number of nitrogens with one attached hydrogen (secondary N) is 1. The summed E-state index contributed by atoms with van der Waals surface area (Å²) in [5, 5.41) is 1.89. The monoisotopic (exact) mass is 332 g/mol. The number of thiophene rings is 1. The Balaban J connectivity index is 2.26. The molecule has 5 nitrogen and oxygen atoms in total. The van der Waals surface area contributed by atoms with Crippen LogP contribution >= 0.6 is 22.9 Å². The van der Waals surface area contributed by atoms with Crippen LogP contribution in [0.1, 0.15) is 4.88 Å². The second-order valence-corrected chi connectivity index (χ2v) is 6.99. The number of sulfonamides is 1. The molecule has 2 aromatic rings. The smallest absolute Gasteiger partial charge is 0.262 e. The standard InChI is InChI=1S/C12H13ClN2O3S2/c1-18-12-3-2-8(4-11(12)13)15-20(16,17)10-5-9(6-14)19-7-10/h2-5,7,15H,6,14H2,1H3.